The van der Waals surface area contributed by atoms with Crippen LogP contribution in [0.15, 0.2) is 83.5 Å². The SMILES string of the molecule is NCCNc1nonc1-c1nc2ccccc2n1CC(=O)c1ccc(NC(=O)[C@@H](N)Cc2ccccc2)cc1. The van der Waals surface area contributed by atoms with Crippen LogP contribution >= 0.6 is 0 Å². The number of para-hydroxylation sites is 2. The number of hydrogen-bond donors (Lipinski definition) is 4. The smallest absolute Gasteiger partial charge is 0.241 e. The average Bonchev–Trinajstić information content (AvgIpc) is 3.57. The Balaban J connectivity index is 1.32. The highest BCUT2D eigenvalue weighted by molar-refractivity contribution is 5.99. The maximum atomic E-state index is 13.3. The Kier molecular flexibility index (Phi) is 7.71. The Morgan fingerprint density at radius 2 is 1.69 bits per heavy atom. The van der Waals surface area contributed by atoms with Crippen molar-refractivity contribution in [3.63, 3.8) is 0 Å². The predicted molar refractivity (Wildman–Crippen MR) is 148 cm³/mol. The average molecular weight is 525 g/mol. The van der Waals surface area contributed by atoms with Gasteiger partial charge in [-0.3, -0.25) is 9.59 Å². The van der Waals surface area contributed by atoms with Gasteiger partial charge >= 0.3 is 0 Å². The monoisotopic (exact) mass is 524 g/mol. The van der Waals surface area contributed by atoms with Crippen LogP contribution in [0.4, 0.5) is 11.5 Å². The number of amides is 1. The molecule has 0 aliphatic heterocycles. The molecule has 0 unspecified atom stereocenters. The zero-order chi connectivity index (χ0) is 27.2. The highest BCUT2D eigenvalue weighted by Gasteiger charge is 2.22. The van der Waals surface area contributed by atoms with Gasteiger partial charge in [-0.25, -0.2) is 9.61 Å². The number of nitrogens with zero attached hydrogens (tertiary/aromatic N) is 4. The summed E-state index contributed by atoms with van der Waals surface area (Å²) in [5, 5.41) is 13.8. The molecule has 5 rings (SSSR count). The molecule has 0 aliphatic carbocycles. The summed E-state index contributed by atoms with van der Waals surface area (Å²) in [4.78, 5) is 30.6. The second-order valence-corrected chi connectivity index (χ2v) is 8.97. The van der Waals surface area contributed by atoms with Gasteiger partial charge in [0.25, 0.3) is 0 Å². The van der Waals surface area contributed by atoms with Gasteiger partial charge in [-0.15, -0.1) is 0 Å². The van der Waals surface area contributed by atoms with Crippen molar-refractivity contribution < 1.29 is 14.2 Å². The quantitative estimate of drug-likeness (QED) is 0.190. The molecule has 198 valence electrons. The number of carbonyl (C=O) groups is 2. The van der Waals surface area contributed by atoms with Crippen LogP contribution in [0.5, 0.6) is 0 Å². The Labute approximate surface area is 224 Å². The third-order valence-electron chi connectivity index (χ3n) is 6.20. The van der Waals surface area contributed by atoms with Crippen LogP contribution in [0.2, 0.25) is 0 Å². The number of hydrogen-bond acceptors (Lipinski definition) is 9. The fraction of sp³-hybridized carbons (Fsp3) is 0.179. The zero-order valence-corrected chi connectivity index (χ0v) is 21.1. The molecule has 39 heavy (non-hydrogen) atoms. The lowest BCUT2D eigenvalue weighted by Crippen LogP contribution is -2.37. The lowest BCUT2D eigenvalue weighted by molar-refractivity contribution is -0.117. The van der Waals surface area contributed by atoms with E-state index in [4.69, 9.17) is 16.1 Å². The minimum Gasteiger partial charge on any atom is -0.364 e. The minimum absolute atomic E-state index is 0.00664. The summed E-state index contributed by atoms with van der Waals surface area (Å²) in [6.07, 6.45) is 0.426. The van der Waals surface area contributed by atoms with Crippen molar-refractivity contribution in [2.45, 2.75) is 19.0 Å². The molecule has 5 aromatic rings. The molecule has 2 heterocycles. The second-order valence-electron chi connectivity index (χ2n) is 8.97. The molecule has 11 nitrogen and oxygen atoms in total. The molecule has 0 saturated heterocycles. The first-order valence-corrected chi connectivity index (χ1v) is 12.5. The number of nitrogens with one attached hydrogen (secondary N) is 2. The predicted octanol–water partition coefficient (Wildman–Crippen LogP) is 2.85. The fourth-order valence-electron chi connectivity index (χ4n) is 4.23. The van der Waals surface area contributed by atoms with Gasteiger partial charge in [-0.05, 0) is 58.7 Å². The molecule has 1 atom stereocenters. The summed E-state index contributed by atoms with van der Waals surface area (Å²) < 4.78 is 6.73. The first-order valence-electron chi connectivity index (χ1n) is 12.5. The largest absolute Gasteiger partial charge is 0.364 e. The minimum atomic E-state index is -0.697. The summed E-state index contributed by atoms with van der Waals surface area (Å²) in [5.74, 6) is 0.398. The van der Waals surface area contributed by atoms with E-state index in [-0.39, 0.29) is 18.2 Å². The van der Waals surface area contributed by atoms with Gasteiger partial charge < -0.3 is 26.7 Å². The topological polar surface area (TPSA) is 167 Å². The van der Waals surface area contributed by atoms with Gasteiger partial charge in [0.05, 0.1) is 23.6 Å². The first kappa shape index (κ1) is 25.8. The van der Waals surface area contributed by atoms with Gasteiger partial charge in [0.2, 0.25) is 11.7 Å². The van der Waals surface area contributed by atoms with Gasteiger partial charge in [0, 0.05) is 24.3 Å². The number of ketones is 1. The van der Waals surface area contributed by atoms with E-state index in [0.717, 1.165) is 11.1 Å². The van der Waals surface area contributed by atoms with Crippen LogP contribution in [0.25, 0.3) is 22.6 Å². The molecule has 0 radical (unpaired) electrons. The van der Waals surface area contributed by atoms with Crippen LogP contribution in [-0.4, -0.2) is 50.7 Å². The lowest BCUT2D eigenvalue weighted by atomic mass is 10.1. The summed E-state index contributed by atoms with van der Waals surface area (Å²) >= 11 is 0. The first-order chi connectivity index (χ1) is 19.0. The zero-order valence-electron chi connectivity index (χ0n) is 21.1. The molecule has 0 bridgehead atoms. The summed E-state index contributed by atoms with van der Waals surface area (Å²) in [7, 11) is 0. The van der Waals surface area contributed by atoms with E-state index < -0.39 is 6.04 Å². The van der Waals surface area contributed by atoms with Crippen molar-refractivity contribution in [3.8, 4) is 11.5 Å². The molecular weight excluding hydrogens is 496 g/mol. The normalized spacial score (nSPS) is 11.8. The highest BCUT2D eigenvalue weighted by Crippen LogP contribution is 2.28. The molecule has 0 saturated carbocycles. The van der Waals surface area contributed by atoms with Crippen LogP contribution < -0.4 is 22.1 Å². The number of aromatic nitrogens is 4. The van der Waals surface area contributed by atoms with Gasteiger partial charge in [-0.2, -0.15) is 0 Å². The fourth-order valence-corrected chi connectivity index (χ4v) is 4.23. The van der Waals surface area contributed by atoms with Crippen LogP contribution in [-0.2, 0) is 17.8 Å². The van der Waals surface area contributed by atoms with Crippen molar-refractivity contribution in [1.29, 1.82) is 0 Å². The van der Waals surface area contributed by atoms with Gasteiger partial charge in [-0.1, -0.05) is 42.5 Å². The summed E-state index contributed by atoms with van der Waals surface area (Å²) in [5.41, 5.74) is 15.6. The molecule has 6 N–H and O–H groups in total. The lowest BCUT2D eigenvalue weighted by Gasteiger charge is -2.13. The number of rotatable bonds is 11. The Morgan fingerprint density at radius 3 is 2.46 bits per heavy atom. The van der Waals surface area contributed by atoms with E-state index >= 15 is 0 Å². The Morgan fingerprint density at radius 1 is 0.949 bits per heavy atom. The van der Waals surface area contributed by atoms with E-state index in [2.05, 4.69) is 25.9 Å². The molecule has 0 fully saturated rings. The summed E-state index contributed by atoms with van der Waals surface area (Å²) in [6.45, 7) is 0.879. The maximum absolute atomic E-state index is 13.3. The third kappa shape index (κ3) is 5.84. The summed E-state index contributed by atoms with van der Waals surface area (Å²) in [6, 6.07) is 23.1. The number of anilines is 2. The molecule has 2 aromatic heterocycles. The van der Waals surface area contributed by atoms with Crippen LogP contribution in [0.3, 0.4) is 0 Å². The van der Waals surface area contributed by atoms with E-state index in [0.29, 0.717) is 53.6 Å². The molecule has 11 heteroatoms. The van der Waals surface area contributed by atoms with E-state index in [1.807, 2.05) is 54.6 Å². The Hall–Kier alpha value is -4.87. The van der Waals surface area contributed by atoms with Crippen molar-refractivity contribution in [2.24, 2.45) is 11.5 Å². The third-order valence-corrected chi connectivity index (χ3v) is 6.20. The van der Waals surface area contributed by atoms with E-state index in [9.17, 15) is 9.59 Å². The van der Waals surface area contributed by atoms with Crippen molar-refractivity contribution in [1.82, 2.24) is 19.9 Å². The molecule has 3 aromatic carbocycles. The van der Waals surface area contributed by atoms with E-state index in [1.165, 1.54) is 0 Å². The maximum Gasteiger partial charge on any atom is 0.241 e. The molecule has 0 spiro atoms. The standard InChI is InChI=1S/C28H28N8O3/c29-14-15-31-26-25(34-39-35-26)27-33-22-8-4-5-9-23(22)36(27)17-24(37)19-10-12-20(13-11-19)32-28(38)21(30)16-18-6-2-1-3-7-18/h1-13,21H,14-17,29-30H2,(H,31,35)(H,32,38)/t21-/m0/s1. The molecule has 1 amide bonds. The number of fused-ring (bicyclic) bond motifs is 1. The van der Waals surface area contributed by atoms with Crippen molar-refractivity contribution >= 4 is 34.2 Å². The van der Waals surface area contributed by atoms with Gasteiger partial charge in [0.15, 0.2) is 17.3 Å². The van der Waals surface area contributed by atoms with Crippen molar-refractivity contribution in [2.75, 3.05) is 23.7 Å². The second kappa shape index (κ2) is 11.7. The van der Waals surface area contributed by atoms with E-state index in [1.54, 1.807) is 28.8 Å². The molecular formula is C28H28N8O3. The van der Waals surface area contributed by atoms with Crippen LogP contribution in [0.1, 0.15) is 15.9 Å². The van der Waals surface area contributed by atoms with Crippen molar-refractivity contribution in [3.05, 3.63) is 90.0 Å². The number of carbonyl (C=O) groups excluding carboxylic acids is 2. The number of benzene rings is 3. The van der Waals surface area contributed by atoms with Gasteiger partial charge in [0.1, 0.15) is 0 Å². The highest BCUT2D eigenvalue weighted by atomic mass is 16.6. The number of nitrogens with two attached hydrogens (primary N) is 2. The number of imidazole rings is 1. The number of Topliss-reactive ketones (excluding diaryl/α,β-unsaturated/α-hetero) is 1. The molecule has 0 aliphatic rings. The van der Waals surface area contributed by atoms with Crippen LogP contribution in [0, 0.1) is 0 Å². The Bertz CT molecular complexity index is 1580.